The molecule has 0 aliphatic heterocycles. The van der Waals surface area contributed by atoms with Gasteiger partial charge in [-0.1, -0.05) is 23.9 Å². The predicted octanol–water partition coefficient (Wildman–Crippen LogP) is 2.48. The van der Waals surface area contributed by atoms with Gasteiger partial charge in [0.1, 0.15) is 17.4 Å². The van der Waals surface area contributed by atoms with Crippen LogP contribution in [0.4, 0.5) is 0 Å². The zero-order valence-electron chi connectivity index (χ0n) is 15.4. The van der Waals surface area contributed by atoms with Gasteiger partial charge in [0.25, 0.3) is 0 Å². The van der Waals surface area contributed by atoms with Crippen molar-refractivity contribution in [2.75, 3.05) is 5.75 Å². The van der Waals surface area contributed by atoms with Crippen molar-refractivity contribution < 1.29 is 9.21 Å². The molecule has 0 spiro atoms. The van der Waals surface area contributed by atoms with Gasteiger partial charge in [0.15, 0.2) is 5.16 Å². The van der Waals surface area contributed by atoms with Crippen molar-refractivity contribution in [1.82, 2.24) is 30.0 Å². The van der Waals surface area contributed by atoms with E-state index in [0.717, 1.165) is 34.9 Å². The SMILES string of the molecule is Cn1c(CCc2nc3ccccc3[nH]2)nnc1SCC(=O)NCc1ccco1. The van der Waals surface area contributed by atoms with Crippen molar-refractivity contribution in [3.05, 3.63) is 60.1 Å². The average molecular weight is 396 g/mol. The Morgan fingerprint density at radius 2 is 2.11 bits per heavy atom. The van der Waals surface area contributed by atoms with Crippen molar-refractivity contribution in [2.24, 2.45) is 7.05 Å². The van der Waals surface area contributed by atoms with Crippen LogP contribution in [0.3, 0.4) is 0 Å². The van der Waals surface area contributed by atoms with Crippen LogP contribution in [0.5, 0.6) is 0 Å². The Morgan fingerprint density at radius 1 is 1.21 bits per heavy atom. The van der Waals surface area contributed by atoms with E-state index in [1.807, 2.05) is 41.9 Å². The minimum absolute atomic E-state index is 0.0757. The van der Waals surface area contributed by atoms with Gasteiger partial charge in [-0.3, -0.25) is 4.79 Å². The Bertz CT molecular complexity index is 1040. The van der Waals surface area contributed by atoms with Gasteiger partial charge in [-0.25, -0.2) is 4.98 Å². The van der Waals surface area contributed by atoms with Gasteiger partial charge in [0.2, 0.25) is 5.91 Å². The van der Waals surface area contributed by atoms with E-state index >= 15 is 0 Å². The van der Waals surface area contributed by atoms with E-state index in [4.69, 9.17) is 4.42 Å². The zero-order valence-corrected chi connectivity index (χ0v) is 16.2. The summed E-state index contributed by atoms with van der Waals surface area (Å²) in [6.07, 6.45) is 3.05. The van der Waals surface area contributed by atoms with E-state index in [2.05, 4.69) is 25.5 Å². The van der Waals surface area contributed by atoms with Gasteiger partial charge in [0.05, 0.1) is 29.6 Å². The highest BCUT2D eigenvalue weighted by atomic mass is 32.2. The van der Waals surface area contributed by atoms with Gasteiger partial charge in [-0.15, -0.1) is 10.2 Å². The summed E-state index contributed by atoms with van der Waals surface area (Å²) in [5.74, 6) is 2.71. The van der Waals surface area contributed by atoms with Crippen LogP contribution < -0.4 is 5.32 Å². The first-order chi connectivity index (χ1) is 13.7. The molecule has 0 saturated heterocycles. The largest absolute Gasteiger partial charge is 0.467 e. The van der Waals surface area contributed by atoms with Gasteiger partial charge in [-0.05, 0) is 24.3 Å². The van der Waals surface area contributed by atoms with Crippen LogP contribution in [0.25, 0.3) is 11.0 Å². The number of imidazole rings is 1. The summed E-state index contributed by atoms with van der Waals surface area (Å²) in [6, 6.07) is 11.6. The Morgan fingerprint density at radius 3 is 2.93 bits per heavy atom. The number of aromatic nitrogens is 5. The highest BCUT2D eigenvalue weighted by molar-refractivity contribution is 7.99. The molecule has 0 saturated carbocycles. The maximum Gasteiger partial charge on any atom is 0.230 e. The molecule has 2 N–H and O–H groups in total. The van der Waals surface area contributed by atoms with Crippen LogP contribution in [0, 0.1) is 0 Å². The van der Waals surface area contributed by atoms with Gasteiger partial charge in [0, 0.05) is 19.9 Å². The normalized spacial score (nSPS) is 11.2. The highest BCUT2D eigenvalue weighted by Crippen LogP contribution is 2.17. The number of amides is 1. The lowest BCUT2D eigenvalue weighted by Gasteiger charge is -2.04. The number of hydrogen-bond donors (Lipinski definition) is 2. The topological polar surface area (TPSA) is 102 Å². The number of aromatic amines is 1. The Hall–Kier alpha value is -3.07. The molecule has 3 aromatic heterocycles. The average Bonchev–Trinajstić information content (AvgIpc) is 3.43. The number of nitrogens with zero attached hydrogens (tertiary/aromatic N) is 4. The highest BCUT2D eigenvalue weighted by Gasteiger charge is 2.12. The summed E-state index contributed by atoms with van der Waals surface area (Å²) < 4.78 is 7.12. The molecule has 0 aliphatic carbocycles. The second-order valence-electron chi connectivity index (χ2n) is 6.30. The Labute approximate surface area is 165 Å². The maximum atomic E-state index is 12.0. The lowest BCUT2D eigenvalue weighted by Crippen LogP contribution is -2.24. The fraction of sp³-hybridized carbons (Fsp3) is 0.263. The third-order valence-corrected chi connectivity index (χ3v) is 5.34. The molecule has 144 valence electrons. The van der Waals surface area contributed by atoms with Crippen molar-refractivity contribution in [3.8, 4) is 0 Å². The number of para-hydroxylation sites is 2. The van der Waals surface area contributed by atoms with Gasteiger partial charge in [-0.2, -0.15) is 0 Å². The number of fused-ring (bicyclic) bond motifs is 1. The summed E-state index contributed by atoms with van der Waals surface area (Å²) in [7, 11) is 1.91. The molecular formula is C19H20N6O2S. The van der Waals surface area contributed by atoms with E-state index in [-0.39, 0.29) is 11.7 Å². The molecule has 1 aromatic carbocycles. The van der Waals surface area contributed by atoms with Crippen molar-refractivity contribution in [1.29, 1.82) is 0 Å². The summed E-state index contributed by atoms with van der Waals surface area (Å²) in [5, 5.41) is 12.0. The first-order valence-electron chi connectivity index (χ1n) is 8.93. The molecule has 3 heterocycles. The molecule has 0 fully saturated rings. The summed E-state index contributed by atoms with van der Waals surface area (Å²) in [5.41, 5.74) is 2.00. The maximum absolute atomic E-state index is 12.0. The second-order valence-corrected chi connectivity index (χ2v) is 7.25. The minimum Gasteiger partial charge on any atom is -0.467 e. The Kier molecular flexibility index (Phi) is 5.43. The third kappa shape index (κ3) is 4.25. The van der Waals surface area contributed by atoms with E-state index in [0.29, 0.717) is 18.1 Å². The van der Waals surface area contributed by atoms with E-state index in [1.165, 1.54) is 11.8 Å². The van der Waals surface area contributed by atoms with Crippen LogP contribution in [0.1, 0.15) is 17.4 Å². The number of furan rings is 1. The number of aryl methyl sites for hydroxylation is 2. The van der Waals surface area contributed by atoms with Crippen LogP contribution in [0.2, 0.25) is 0 Å². The molecule has 0 unspecified atom stereocenters. The number of benzene rings is 1. The van der Waals surface area contributed by atoms with Crippen molar-refractivity contribution >= 4 is 28.7 Å². The fourth-order valence-corrected chi connectivity index (χ4v) is 3.58. The molecule has 0 bridgehead atoms. The number of hydrogen-bond acceptors (Lipinski definition) is 6. The molecule has 4 rings (SSSR count). The standard InChI is InChI=1S/C19H20N6O2S/c1-25-17(9-8-16-21-14-6-2-3-7-15(14)22-16)23-24-19(25)28-12-18(26)20-11-13-5-4-10-27-13/h2-7,10H,8-9,11-12H2,1H3,(H,20,26)(H,21,22). The van der Waals surface area contributed by atoms with E-state index in [9.17, 15) is 4.79 Å². The molecule has 0 atom stereocenters. The number of nitrogens with one attached hydrogen (secondary N) is 2. The zero-order chi connectivity index (χ0) is 19.3. The molecule has 4 aromatic rings. The minimum atomic E-state index is -0.0757. The molecule has 28 heavy (non-hydrogen) atoms. The number of rotatable bonds is 8. The van der Waals surface area contributed by atoms with Gasteiger partial charge >= 0.3 is 0 Å². The summed E-state index contributed by atoms with van der Waals surface area (Å²) in [6.45, 7) is 0.383. The van der Waals surface area contributed by atoms with Crippen LogP contribution in [-0.2, 0) is 31.2 Å². The smallest absolute Gasteiger partial charge is 0.230 e. The molecule has 8 nitrogen and oxygen atoms in total. The number of carbonyl (C=O) groups excluding carboxylic acids is 1. The van der Waals surface area contributed by atoms with Crippen LogP contribution in [-0.4, -0.2) is 36.4 Å². The Balaban J connectivity index is 1.29. The molecule has 1 amide bonds. The predicted molar refractivity (Wildman–Crippen MR) is 106 cm³/mol. The van der Waals surface area contributed by atoms with Crippen LogP contribution >= 0.6 is 11.8 Å². The number of H-pyrrole nitrogens is 1. The fourth-order valence-electron chi connectivity index (χ4n) is 2.82. The lowest BCUT2D eigenvalue weighted by molar-refractivity contribution is -0.118. The van der Waals surface area contributed by atoms with E-state index in [1.54, 1.807) is 12.3 Å². The monoisotopic (exact) mass is 396 g/mol. The second kappa shape index (κ2) is 8.30. The first kappa shape index (κ1) is 18.3. The third-order valence-electron chi connectivity index (χ3n) is 4.32. The van der Waals surface area contributed by atoms with Gasteiger partial charge < -0.3 is 19.3 Å². The van der Waals surface area contributed by atoms with Crippen molar-refractivity contribution in [2.45, 2.75) is 24.5 Å². The van der Waals surface area contributed by atoms with Crippen molar-refractivity contribution in [3.63, 3.8) is 0 Å². The quantitative estimate of drug-likeness (QED) is 0.444. The molecule has 0 radical (unpaired) electrons. The van der Waals surface area contributed by atoms with E-state index < -0.39 is 0 Å². The summed E-state index contributed by atoms with van der Waals surface area (Å²) in [4.78, 5) is 19.9. The lowest BCUT2D eigenvalue weighted by atomic mass is 10.3. The molecule has 9 heteroatoms. The molecule has 0 aliphatic rings. The number of carbonyl (C=O) groups is 1. The number of thioether (sulfide) groups is 1. The van der Waals surface area contributed by atoms with Crippen LogP contribution in [0.15, 0.2) is 52.2 Å². The first-order valence-corrected chi connectivity index (χ1v) is 9.91. The summed E-state index contributed by atoms with van der Waals surface area (Å²) >= 11 is 1.36. The molecular weight excluding hydrogens is 376 g/mol.